The molecule has 0 saturated heterocycles. The summed E-state index contributed by atoms with van der Waals surface area (Å²) in [5.74, 6) is 0.490. The van der Waals surface area contributed by atoms with E-state index in [4.69, 9.17) is 11.5 Å². The van der Waals surface area contributed by atoms with Crippen molar-refractivity contribution in [2.24, 2.45) is 5.73 Å². The van der Waals surface area contributed by atoms with E-state index in [1.807, 2.05) is 13.0 Å². The van der Waals surface area contributed by atoms with Gasteiger partial charge in [-0.2, -0.15) is 0 Å². The number of nitrogens with one attached hydrogen (secondary N) is 1. The Morgan fingerprint density at radius 1 is 1.60 bits per heavy atom. The summed E-state index contributed by atoms with van der Waals surface area (Å²) in [6.45, 7) is 2.60. The van der Waals surface area contributed by atoms with E-state index in [2.05, 4.69) is 10.3 Å². The summed E-state index contributed by atoms with van der Waals surface area (Å²) in [7, 11) is 0. The van der Waals surface area contributed by atoms with Crippen LogP contribution in [0.4, 0.5) is 11.5 Å². The third-order valence-electron chi connectivity index (χ3n) is 2.06. The van der Waals surface area contributed by atoms with Crippen molar-refractivity contribution < 1.29 is 4.79 Å². The Morgan fingerprint density at radius 3 is 2.93 bits per heavy atom. The molecule has 0 aromatic carbocycles. The average Bonchev–Trinajstić information content (AvgIpc) is 2.18. The lowest BCUT2D eigenvalue weighted by Gasteiger charge is -2.06. The second-order valence-corrected chi connectivity index (χ2v) is 3.42. The van der Waals surface area contributed by atoms with Crippen molar-refractivity contribution in [1.82, 2.24) is 4.98 Å². The van der Waals surface area contributed by atoms with Crippen LogP contribution in [0, 0.1) is 6.92 Å². The van der Waals surface area contributed by atoms with Gasteiger partial charge in [0.15, 0.2) is 0 Å². The van der Waals surface area contributed by atoms with Gasteiger partial charge >= 0.3 is 0 Å². The monoisotopic (exact) mass is 208 g/mol. The van der Waals surface area contributed by atoms with Crippen molar-refractivity contribution >= 4 is 17.4 Å². The molecule has 1 aromatic rings. The third kappa shape index (κ3) is 3.84. The van der Waals surface area contributed by atoms with Crippen LogP contribution in [0.5, 0.6) is 0 Å². The molecule has 0 spiro atoms. The van der Waals surface area contributed by atoms with E-state index in [0.717, 1.165) is 11.4 Å². The van der Waals surface area contributed by atoms with E-state index in [1.165, 1.54) is 0 Å². The van der Waals surface area contributed by atoms with Gasteiger partial charge in [0.1, 0.15) is 5.82 Å². The largest absolute Gasteiger partial charge is 0.397 e. The van der Waals surface area contributed by atoms with E-state index in [0.29, 0.717) is 25.1 Å². The molecular formula is C10H16N4O. The summed E-state index contributed by atoms with van der Waals surface area (Å²) in [5, 5.41) is 3.09. The number of primary amides is 1. The van der Waals surface area contributed by atoms with Crippen molar-refractivity contribution in [2.75, 3.05) is 17.6 Å². The molecule has 0 atom stereocenters. The van der Waals surface area contributed by atoms with Crippen molar-refractivity contribution in [2.45, 2.75) is 19.8 Å². The van der Waals surface area contributed by atoms with Gasteiger partial charge < -0.3 is 16.8 Å². The molecule has 1 heterocycles. The highest BCUT2D eigenvalue weighted by Gasteiger charge is 1.98. The van der Waals surface area contributed by atoms with Gasteiger partial charge in [0.25, 0.3) is 0 Å². The lowest BCUT2D eigenvalue weighted by atomic mass is 10.2. The second kappa shape index (κ2) is 5.19. The second-order valence-electron chi connectivity index (χ2n) is 3.42. The van der Waals surface area contributed by atoms with Crippen LogP contribution in [0.15, 0.2) is 12.3 Å². The molecule has 1 amide bonds. The van der Waals surface area contributed by atoms with Crippen LogP contribution < -0.4 is 16.8 Å². The Kier molecular flexibility index (Phi) is 3.91. The number of carbonyl (C=O) groups excluding carboxylic acids is 1. The summed E-state index contributed by atoms with van der Waals surface area (Å²) < 4.78 is 0. The number of carbonyl (C=O) groups is 1. The highest BCUT2D eigenvalue weighted by atomic mass is 16.1. The highest BCUT2D eigenvalue weighted by molar-refractivity contribution is 5.73. The first-order valence-corrected chi connectivity index (χ1v) is 4.84. The maximum Gasteiger partial charge on any atom is 0.217 e. The van der Waals surface area contributed by atoms with Crippen molar-refractivity contribution in [3.63, 3.8) is 0 Å². The van der Waals surface area contributed by atoms with Crippen molar-refractivity contribution in [3.8, 4) is 0 Å². The van der Waals surface area contributed by atoms with E-state index in [1.54, 1.807) is 6.20 Å². The minimum atomic E-state index is -0.279. The summed E-state index contributed by atoms with van der Waals surface area (Å²) >= 11 is 0. The van der Waals surface area contributed by atoms with Crippen LogP contribution >= 0.6 is 0 Å². The van der Waals surface area contributed by atoms with E-state index < -0.39 is 0 Å². The normalized spacial score (nSPS) is 9.93. The molecule has 5 N–H and O–H groups in total. The Hall–Kier alpha value is -1.78. The van der Waals surface area contributed by atoms with Crippen LogP contribution in [-0.2, 0) is 4.79 Å². The zero-order valence-corrected chi connectivity index (χ0v) is 8.79. The number of aryl methyl sites for hydroxylation is 1. The number of nitrogens with zero attached hydrogens (tertiary/aromatic N) is 1. The fraction of sp³-hybridized carbons (Fsp3) is 0.400. The van der Waals surface area contributed by atoms with Crippen molar-refractivity contribution in [3.05, 3.63) is 17.8 Å². The molecule has 0 radical (unpaired) electrons. The van der Waals surface area contributed by atoms with E-state index in [-0.39, 0.29) is 5.91 Å². The fourth-order valence-corrected chi connectivity index (χ4v) is 1.14. The Morgan fingerprint density at radius 2 is 2.33 bits per heavy atom. The molecule has 0 bridgehead atoms. The smallest absolute Gasteiger partial charge is 0.217 e. The number of amides is 1. The maximum atomic E-state index is 10.5. The van der Waals surface area contributed by atoms with Gasteiger partial charge in [-0.25, -0.2) is 4.98 Å². The van der Waals surface area contributed by atoms with E-state index >= 15 is 0 Å². The third-order valence-corrected chi connectivity index (χ3v) is 2.06. The number of aromatic nitrogens is 1. The molecular weight excluding hydrogens is 192 g/mol. The first-order chi connectivity index (χ1) is 7.09. The number of nitrogen functional groups attached to an aromatic ring is 1. The summed E-state index contributed by atoms with van der Waals surface area (Å²) in [5.41, 5.74) is 12.3. The van der Waals surface area contributed by atoms with Crippen molar-refractivity contribution in [1.29, 1.82) is 0 Å². The lowest BCUT2D eigenvalue weighted by Crippen LogP contribution is -2.13. The number of anilines is 2. The zero-order valence-electron chi connectivity index (χ0n) is 8.79. The van der Waals surface area contributed by atoms with Gasteiger partial charge in [-0.05, 0) is 25.0 Å². The Balaban J connectivity index is 2.38. The molecule has 0 saturated carbocycles. The van der Waals surface area contributed by atoms with Gasteiger partial charge in [0, 0.05) is 13.0 Å². The quantitative estimate of drug-likeness (QED) is 0.619. The van der Waals surface area contributed by atoms with Gasteiger partial charge in [0.2, 0.25) is 5.91 Å². The molecule has 82 valence electrons. The van der Waals surface area contributed by atoms with Gasteiger partial charge in [-0.15, -0.1) is 0 Å². The molecule has 5 nitrogen and oxygen atoms in total. The summed E-state index contributed by atoms with van der Waals surface area (Å²) in [4.78, 5) is 14.6. The minimum Gasteiger partial charge on any atom is -0.397 e. The van der Waals surface area contributed by atoms with Crippen LogP contribution in [0.3, 0.4) is 0 Å². The lowest BCUT2D eigenvalue weighted by molar-refractivity contribution is -0.118. The molecule has 0 aliphatic heterocycles. The van der Waals surface area contributed by atoms with Crippen LogP contribution in [0.1, 0.15) is 18.4 Å². The SMILES string of the molecule is Cc1cc(NCCCC(N)=O)ncc1N. The van der Waals surface area contributed by atoms with Crippen LogP contribution in [0.25, 0.3) is 0 Å². The number of hydrogen-bond acceptors (Lipinski definition) is 4. The number of hydrogen-bond donors (Lipinski definition) is 3. The molecule has 0 fully saturated rings. The predicted molar refractivity (Wildman–Crippen MR) is 60.3 cm³/mol. The summed E-state index contributed by atoms with van der Waals surface area (Å²) in [6.07, 6.45) is 2.72. The van der Waals surface area contributed by atoms with Gasteiger partial charge in [-0.3, -0.25) is 4.79 Å². The molecule has 5 heteroatoms. The molecule has 0 aliphatic carbocycles. The van der Waals surface area contributed by atoms with Gasteiger partial charge in [0.05, 0.1) is 11.9 Å². The fourth-order valence-electron chi connectivity index (χ4n) is 1.14. The first-order valence-electron chi connectivity index (χ1n) is 4.84. The molecule has 0 unspecified atom stereocenters. The number of rotatable bonds is 5. The van der Waals surface area contributed by atoms with Gasteiger partial charge in [-0.1, -0.05) is 0 Å². The molecule has 15 heavy (non-hydrogen) atoms. The topological polar surface area (TPSA) is 94.0 Å². The molecule has 1 aromatic heterocycles. The Labute approximate surface area is 88.9 Å². The predicted octanol–water partition coefficient (Wildman–Crippen LogP) is 0.650. The highest BCUT2D eigenvalue weighted by Crippen LogP contribution is 2.12. The molecule has 1 rings (SSSR count). The first kappa shape index (κ1) is 11.3. The maximum absolute atomic E-state index is 10.5. The number of nitrogens with two attached hydrogens (primary N) is 2. The zero-order chi connectivity index (χ0) is 11.3. The standard InChI is InChI=1S/C10H16N4O/c1-7-5-10(14-6-8(7)11)13-4-2-3-9(12)15/h5-6H,2-4,11H2,1H3,(H2,12,15)(H,13,14). The molecule has 0 aliphatic rings. The summed E-state index contributed by atoms with van der Waals surface area (Å²) in [6, 6.07) is 1.87. The number of pyridine rings is 1. The minimum absolute atomic E-state index is 0.279. The van der Waals surface area contributed by atoms with Crippen LogP contribution in [0.2, 0.25) is 0 Å². The Bertz CT molecular complexity index is 351. The van der Waals surface area contributed by atoms with Crippen LogP contribution in [-0.4, -0.2) is 17.4 Å². The van der Waals surface area contributed by atoms with E-state index in [9.17, 15) is 4.79 Å². The average molecular weight is 208 g/mol.